The lowest BCUT2D eigenvalue weighted by molar-refractivity contribution is -0.386. The average molecular weight is 282 g/mol. The summed E-state index contributed by atoms with van der Waals surface area (Å²) in [6.07, 6.45) is -0.163. The molecule has 0 fully saturated rings. The molecular weight excluding hydrogens is 260 g/mol. The van der Waals surface area contributed by atoms with E-state index in [9.17, 15) is 10.1 Å². The Hall–Kier alpha value is -1.89. The molecule has 1 rings (SSSR count). The van der Waals surface area contributed by atoms with Crippen LogP contribution in [0, 0.1) is 10.1 Å². The molecule has 0 saturated heterocycles. The van der Waals surface area contributed by atoms with Gasteiger partial charge < -0.3 is 14.5 Å². The lowest BCUT2D eigenvalue weighted by atomic mass is 10.3. The molecule has 0 N–H and O–H groups in total. The fourth-order valence-electron chi connectivity index (χ4n) is 1.55. The Morgan fingerprint density at radius 2 is 1.95 bits per heavy atom. The topological polar surface area (TPSA) is 71.7 Å². The van der Waals surface area contributed by atoms with Crippen LogP contribution in [-0.4, -0.2) is 55.1 Å². The van der Waals surface area contributed by atoms with Gasteiger partial charge in [0.2, 0.25) is 0 Å². The lowest BCUT2D eigenvalue weighted by Gasteiger charge is -2.21. The van der Waals surface area contributed by atoms with Crippen LogP contribution in [0.15, 0.2) is 12.1 Å². The second kappa shape index (κ2) is 7.04. The summed E-state index contributed by atoms with van der Waals surface area (Å²) in [6.45, 7) is 5.27. The monoisotopic (exact) mass is 282 g/mol. The highest BCUT2D eigenvalue weighted by Crippen LogP contribution is 2.28. The molecule has 0 spiro atoms. The molecule has 0 aliphatic carbocycles. The summed E-state index contributed by atoms with van der Waals surface area (Å²) in [5, 5.41) is 11.0. The average Bonchev–Trinajstić information content (AvgIpc) is 2.34. The van der Waals surface area contributed by atoms with Crippen molar-refractivity contribution in [3.05, 3.63) is 22.2 Å². The molecule has 0 radical (unpaired) electrons. The van der Waals surface area contributed by atoms with Gasteiger partial charge >= 0.3 is 5.69 Å². The summed E-state index contributed by atoms with van der Waals surface area (Å²) in [5.74, 6) is 0.729. The molecule has 1 aromatic heterocycles. The van der Waals surface area contributed by atoms with Crippen LogP contribution in [0.5, 0.6) is 5.88 Å². The number of pyridine rings is 1. The number of likely N-dealkylation sites (N-methyl/N-ethyl adjacent to an activating group) is 2. The largest absolute Gasteiger partial charge is 0.470 e. The molecule has 0 bridgehead atoms. The predicted molar refractivity (Wildman–Crippen MR) is 78.5 cm³/mol. The Morgan fingerprint density at radius 1 is 1.30 bits per heavy atom. The van der Waals surface area contributed by atoms with E-state index in [1.807, 2.05) is 39.9 Å². The second-order valence-corrected chi connectivity index (χ2v) is 5.14. The van der Waals surface area contributed by atoms with Crippen molar-refractivity contribution in [1.29, 1.82) is 0 Å². The molecule has 0 atom stereocenters. The SMILES string of the molecule is CC(C)Oc1nc(N(C)CCN(C)C)ccc1[N+](=O)[O-]. The molecule has 7 heteroatoms. The predicted octanol–water partition coefficient (Wildman–Crippen LogP) is 1.77. The number of hydrogen-bond donors (Lipinski definition) is 0. The normalized spacial score (nSPS) is 10.9. The molecule has 112 valence electrons. The Morgan fingerprint density at radius 3 is 2.45 bits per heavy atom. The van der Waals surface area contributed by atoms with Gasteiger partial charge in [-0.2, -0.15) is 4.98 Å². The number of ether oxygens (including phenoxy) is 1. The fraction of sp³-hybridized carbons (Fsp3) is 0.615. The molecule has 0 unspecified atom stereocenters. The molecule has 1 heterocycles. The Bertz CT molecular complexity index is 463. The smallest absolute Gasteiger partial charge is 0.331 e. The highest BCUT2D eigenvalue weighted by Gasteiger charge is 2.19. The van der Waals surface area contributed by atoms with E-state index in [4.69, 9.17) is 4.74 Å². The number of hydrogen-bond acceptors (Lipinski definition) is 6. The van der Waals surface area contributed by atoms with Gasteiger partial charge in [-0.15, -0.1) is 0 Å². The number of aromatic nitrogens is 1. The minimum Gasteiger partial charge on any atom is -0.470 e. The minimum atomic E-state index is -0.478. The van der Waals surface area contributed by atoms with E-state index in [-0.39, 0.29) is 17.7 Å². The van der Waals surface area contributed by atoms with Crippen LogP contribution in [0.4, 0.5) is 11.5 Å². The van der Waals surface area contributed by atoms with Gasteiger partial charge in [0.05, 0.1) is 11.0 Å². The van der Waals surface area contributed by atoms with Gasteiger partial charge in [0.15, 0.2) is 0 Å². The van der Waals surface area contributed by atoms with Crippen LogP contribution in [0.3, 0.4) is 0 Å². The third-order valence-electron chi connectivity index (χ3n) is 2.64. The number of nitrogens with zero attached hydrogens (tertiary/aromatic N) is 4. The molecule has 20 heavy (non-hydrogen) atoms. The maximum atomic E-state index is 11.0. The molecule has 0 aliphatic rings. The van der Waals surface area contributed by atoms with E-state index < -0.39 is 4.92 Å². The van der Waals surface area contributed by atoms with Crippen LogP contribution in [0.25, 0.3) is 0 Å². The third kappa shape index (κ3) is 4.65. The van der Waals surface area contributed by atoms with Gasteiger partial charge in [-0.3, -0.25) is 10.1 Å². The summed E-state index contributed by atoms with van der Waals surface area (Å²) in [4.78, 5) is 18.7. The van der Waals surface area contributed by atoms with E-state index in [1.54, 1.807) is 6.07 Å². The maximum Gasteiger partial charge on any atom is 0.331 e. The van der Waals surface area contributed by atoms with Crippen molar-refractivity contribution in [1.82, 2.24) is 9.88 Å². The minimum absolute atomic E-state index is 0.0687. The van der Waals surface area contributed by atoms with Crippen molar-refractivity contribution in [2.45, 2.75) is 20.0 Å². The van der Waals surface area contributed by atoms with Gasteiger partial charge in [-0.05, 0) is 34.0 Å². The zero-order valence-corrected chi connectivity index (χ0v) is 12.7. The first kappa shape index (κ1) is 16.2. The zero-order valence-electron chi connectivity index (χ0n) is 12.7. The molecule has 0 amide bonds. The summed E-state index contributed by atoms with van der Waals surface area (Å²) < 4.78 is 5.43. The Kier molecular flexibility index (Phi) is 5.69. The standard InChI is InChI=1S/C13H22N4O3/c1-10(2)20-13-11(17(18)19)6-7-12(14-13)16(5)9-8-15(3)4/h6-7,10H,8-9H2,1-5H3. The van der Waals surface area contributed by atoms with E-state index in [0.717, 1.165) is 13.1 Å². The second-order valence-electron chi connectivity index (χ2n) is 5.14. The fourth-order valence-corrected chi connectivity index (χ4v) is 1.55. The maximum absolute atomic E-state index is 11.0. The summed E-state index contributed by atoms with van der Waals surface area (Å²) in [6, 6.07) is 3.08. The van der Waals surface area contributed by atoms with Gasteiger partial charge in [0, 0.05) is 26.2 Å². The molecule has 7 nitrogen and oxygen atoms in total. The summed E-state index contributed by atoms with van der Waals surface area (Å²) in [7, 11) is 5.88. The van der Waals surface area contributed by atoms with Crippen LogP contribution >= 0.6 is 0 Å². The first-order valence-corrected chi connectivity index (χ1v) is 6.49. The van der Waals surface area contributed by atoms with Crippen molar-refractivity contribution in [3.63, 3.8) is 0 Å². The van der Waals surface area contributed by atoms with Crippen LogP contribution in [0.2, 0.25) is 0 Å². The van der Waals surface area contributed by atoms with E-state index in [1.165, 1.54) is 6.07 Å². The van der Waals surface area contributed by atoms with Crippen LogP contribution in [0.1, 0.15) is 13.8 Å². The van der Waals surface area contributed by atoms with Crippen LogP contribution < -0.4 is 9.64 Å². The Labute approximate surface area is 119 Å². The van der Waals surface area contributed by atoms with Crippen molar-refractivity contribution in [3.8, 4) is 5.88 Å². The number of rotatable bonds is 7. The van der Waals surface area contributed by atoms with Gasteiger partial charge in [-0.25, -0.2) is 0 Å². The van der Waals surface area contributed by atoms with E-state index in [2.05, 4.69) is 9.88 Å². The highest BCUT2D eigenvalue weighted by molar-refractivity contribution is 5.50. The lowest BCUT2D eigenvalue weighted by Crippen LogP contribution is -2.29. The number of anilines is 1. The van der Waals surface area contributed by atoms with Crippen molar-refractivity contribution in [2.75, 3.05) is 39.1 Å². The number of nitro groups is 1. The quantitative estimate of drug-likeness (QED) is 0.560. The molecule has 0 aromatic carbocycles. The highest BCUT2D eigenvalue weighted by atomic mass is 16.6. The van der Waals surface area contributed by atoms with Gasteiger partial charge in [-0.1, -0.05) is 0 Å². The van der Waals surface area contributed by atoms with Crippen molar-refractivity contribution >= 4 is 11.5 Å². The van der Waals surface area contributed by atoms with Crippen molar-refractivity contribution in [2.24, 2.45) is 0 Å². The molecular formula is C13H22N4O3. The van der Waals surface area contributed by atoms with Gasteiger partial charge in [0.1, 0.15) is 5.82 Å². The first-order chi connectivity index (χ1) is 9.31. The molecule has 0 aliphatic heterocycles. The Balaban J connectivity index is 2.96. The van der Waals surface area contributed by atoms with Crippen molar-refractivity contribution < 1.29 is 9.66 Å². The van der Waals surface area contributed by atoms with Gasteiger partial charge in [0.25, 0.3) is 5.88 Å². The van der Waals surface area contributed by atoms with E-state index in [0.29, 0.717) is 5.82 Å². The first-order valence-electron chi connectivity index (χ1n) is 6.49. The molecule has 1 aromatic rings. The molecule has 0 saturated carbocycles. The third-order valence-corrected chi connectivity index (χ3v) is 2.64. The summed E-state index contributed by atoms with van der Waals surface area (Å²) >= 11 is 0. The zero-order chi connectivity index (χ0) is 15.3. The van der Waals surface area contributed by atoms with E-state index >= 15 is 0 Å². The summed E-state index contributed by atoms with van der Waals surface area (Å²) in [5.41, 5.74) is -0.108. The van der Waals surface area contributed by atoms with Crippen LogP contribution in [-0.2, 0) is 0 Å².